The van der Waals surface area contributed by atoms with Gasteiger partial charge in [0.15, 0.2) is 5.82 Å². The summed E-state index contributed by atoms with van der Waals surface area (Å²) in [5.74, 6) is 1.43. The number of rotatable bonds is 4. The first-order valence-electron chi connectivity index (χ1n) is 10.6. The number of carbonyl (C=O) groups excluding carboxylic acids is 1. The molecule has 1 atom stereocenters. The highest BCUT2D eigenvalue weighted by atomic mass is 16.1. The summed E-state index contributed by atoms with van der Waals surface area (Å²) in [6.07, 6.45) is 14.2. The lowest BCUT2D eigenvalue weighted by Gasteiger charge is -2.36. The van der Waals surface area contributed by atoms with Gasteiger partial charge in [-0.05, 0) is 49.1 Å². The van der Waals surface area contributed by atoms with Gasteiger partial charge in [0.2, 0.25) is 5.91 Å². The van der Waals surface area contributed by atoms with E-state index in [2.05, 4.69) is 29.1 Å². The number of nitrogens with zero attached hydrogens (tertiary/aromatic N) is 3. The van der Waals surface area contributed by atoms with Gasteiger partial charge in [0.1, 0.15) is 0 Å². The van der Waals surface area contributed by atoms with Gasteiger partial charge in [0, 0.05) is 36.1 Å². The number of hydrogen-bond acceptors (Lipinski definition) is 4. The Labute approximate surface area is 167 Å². The smallest absolute Gasteiger partial charge is 0.220 e. The van der Waals surface area contributed by atoms with Crippen LogP contribution in [0.2, 0.25) is 0 Å². The normalized spacial score (nSPS) is 21.7. The van der Waals surface area contributed by atoms with Gasteiger partial charge in [0.05, 0.1) is 11.7 Å². The average Bonchev–Trinajstić information content (AvgIpc) is 2.68. The summed E-state index contributed by atoms with van der Waals surface area (Å²) in [6.45, 7) is 4.50. The SMILES string of the molecule is CC1(C)Cc2nc(-c3cccnc3)ncc2[C@@H](NC(=O)CC2CCCCC2)C1. The molecule has 0 unspecified atom stereocenters. The number of nitrogens with one attached hydrogen (secondary N) is 1. The summed E-state index contributed by atoms with van der Waals surface area (Å²) in [4.78, 5) is 26.3. The summed E-state index contributed by atoms with van der Waals surface area (Å²) >= 11 is 0. The molecule has 5 nitrogen and oxygen atoms in total. The third-order valence-corrected chi connectivity index (χ3v) is 6.13. The van der Waals surface area contributed by atoms with Crippen LogP contribution in [0.5, 0.6) is 0 Å². The van der Waals surface area contributed by atoms with Crippen LogP contribution in [0.3, 0.4) is 0 Å². The molecule has 1 fully saturated rings. The van der Waals surface area contributed by atoms with Crippen molar-refractivity contribution in [2.45, 2.75) is 71.3 Å². The number of fused-ring (bicyclic) bond motifs is 1. The Hall–Kier alpha value is -2.30. The van der Waals surface area contributed by atoms with Crippen molar-refractivity contribution in [3.8, 4) is 11.4 Å². The first-order valence-corrected chi connectivity index (χ1v) is 10.6. The van der Waals surface area contributed by atoms with E-state index < -0.39 is 0 Å². The molecule has 148 valence electrons. The average molecular weight is 379 g/mol. The number of carbonyl (C=O) groups is 1. The van der Waals surface area contributed by atoms with Gasteiger partial charge >= 0.3 is 0 Å². The summed E-state index contributed by atoms with van der Waals surface area (Å²) in [5.41, 5.74) is 3.14. The zero-order valence-corrected chi connectivity index (χ0v) is 16.9. The van der Waals surface area contributed by atoms with Crippen molar-refractivity contribution in [1.82, 2.24) is 20.3 Å². The van der Waals surface area contributed by atoms with Crippen molar-refractivity contribution in [2.75, 3.05) is 0 Å². The zero-order valence-electron chi connectivity index (χ0n) is 16.9. The molecule has 1 saturated carbocycles. The van der Waals surface area contributed by atoms with Gasteiger partial charge in [-0.25, -0.2) is 9.97 Å². The molecule has 1 amide bonds. The highest BCUT2D eigenvalue weighted by Gasteiger charge is 2.34. The van der Waals surface area contributed by atoms with Gasteiger partial charge in [0.25, 0.3) is 0 Å². The van der Waals surface area contributed by atoms with E-state index in [0.717, 1.165) is 29.7 Å². The second kappa shape index (κ2) is 7.98. The summed E-state index contributed by atoms with van der Waals surface area (Å²) < 4.78 is 0. The Bertz CT molecular complexity index is 828. The lowest BCUT2D eigenvalue weighted by molar-refractivity contribution is -0.123. The standard InChI is InChI=1S/C23H30N4O/c1-23(2)12-19(26-21(28)11-16-7-4-3-5-8-16)18-15-25-22(27-20(18)13-23)17-9-6-10-24-14-17/h6,9-10,14-16,19H,3-5,7-8,11-13H2,1-2H3,(H,26,28)/t19-/m0/s1. The summed E-state index contributed by atoms with van der Waals surface area (Å²) in [6, 6.07) is 3.88. The highest BCUT2D eigenvalue weighted by Crippen LogP contribution is 2.40. The first kappa shape index (κ1) is 19.0. The second-order valence-corrected chi connectivity index (χ2v) is 9.21. The van der Waals surface area contributed by atoms with Crippen LogP contribution >= 0.6 is 0 Å². The Balaban J connectivity index is 1.53. The quantitative estimate of drug-likeness (QED) is 0.842. The minimum atomic E-state index is -0.00205. The molecule has 2 aromatic heterocycles. The van der Waals surface area contributed by atoms with Crippen molar-refractivity contribution in [1.29, 1.82) is 0 Å². The van der Waals surface area contributed by atoms with Gasteiger partial charge in [-0.2, -0.15) is 0 Å². The van der Waals surface area contributed by atoms with E-state index in [4.69, 9.17) is 4.98 Å². The Morgan fingerprint density at radius 1 is 1.21 bits per heavy atom. The van der Waals surface area contributed by atoms with Gasteiger partial charge in [-0.1, -0.05) is 33.1 Å². The van der Waals surface area contributed by atoms with Crippen LogP contribution in [0, 0.1) is 11.3 Å². The molecule has 0 saturated heterocycles. The Kier molecular flexibility index (Phi) is 5.42. The molecule has 0 radical (unpaired) electrons. The van der Waals surface area contributed by atoms with Crippen molar-refractivity contribution >= 4 is 5.91 Å². The van der Waals surface area contributed by atoms with Crippen molar-refractivity contribution in [3.05, 3.63) is 42.0 Å². The van der Waals surface area contributed by atoms with Crippen LogP contribution in [-0.2, 0) is 11.2 Å². The Morgan fingerprint density at radius 2 is 2.04 bits per heavy atom. The molecule has 1 N–H and O–H groups in total. The minimum Gasteiger partial charge on any atom is -0.349 e. The van der Waals surface area contributed by atoms with Gasteiger partial charge in [-0.15, -0.1) is 0 Å². The van der Waals surface area contributed by atoms with E-state index in [1.54, 1.807) is 12.4 Å². The highest BCUT2D eigenvalue weighted by molar-refractivity contribution is 5.76. The molecule has 0 spiro atoms. The fourth-order valence-corrected chi connectivity index (χ4v) is 4.72. The van der Waals surface area contributed by atoms with Crippen LogP contribution < -0.4 is 5.32 Å². The predicted octanol–water partition coefficient (Wildman–Crippen LogP) is 4.64. The number of amides is 1. The number of aromatic nitrogens is 3. The van der Waals surface area contributed by atoms with E-state index in [0.29, 0.717) is 18.2 Å². The summed E-state index contributed by atoms with van der Waals surface area (Å²) in [5, 5.41) is 3.31. The third kappa shape index (κ3) is 4.40. The van der Waals surface area contributed by atoms with Crippen molar-refractivity contribution in [3.63, 3.8) is 0 Å². The van der Waals surface area contributed by atoms with Crippen LogP contribution in [0.15, 0.2) is 30.7 Å². The molecule has 28 heavy (non-hydrogen) atoms. The van der Waals surface area contributed by atoms with E-state index in [-0.39, 0.29) is 17.4 Å². The number of pyridine rings is 1. The van der Waals surface area contributed by atoms with Gasteiger partial charge < -0.3 is 5.32 Å². The van der Waals surface area contributed by atoms with Crippen LogP contribution in [-0.4, -0.2) is 20.9 Å². The van der Waals surface area contributed by atoms with Crippen molar-refractivity contribution < 1.29 is 4.79 Å². The fourth-order valence-electron chi connectivity index (χ4n) is 4.72. The third-order valence-electron chi connectivity index (χ3n) is 6.13. The molecule has 0 bridgehead atoms. The minimum absolute atomic E-state index is 0.00205. The molecule has 2 heterocycles. The largest absolute Gasteiger partial charge is 0.349 e. The molecule has 5 heteroatoms. The van der Waals surface area contributed by atoms with Gasteiger partial charge in [-0.3, -0.25) is 9.78 Å². The molecule has 0 aliphatic heterocycles. The molecule has 4 rings (SSSR count). The molecular formula is C23H30N4O. The van der Waals surface area contributed by atoms with Crippen LogP contribution in [0.4, 0.5) is 0 Å². The maximum absolute atomic E-state index is 12.7. The molecule has 2 aliphatic rings. The zero-order chi connectivity index (χ0) is 19.6. The fraction of sp³-hybridized carbons (Fsp3) is 0.565. The first-order chi connectivity index (χ1) is 13.5. The maximum atomic E-state index is 12.7. The van der Waals surface area contributed by atoms with Crippen LogP contribution in [0.1, 0.15) is 76.1 Å². The maximum Gasteiger partial charge on any atom is 0.220 e. The molecule has 2 aromatic rings. The molecule has 0 aromatic carbocycles. The topological polar surface area (TPSA) is 67.8 Å². The monoisotopic (exact) mass is 378 g/mol. The molecular weight excluding hydrogens is 348 g/mol. The van der Waals surface area contributed by atoms with Crippen molar-refractivity contribution in [2.24, 2.45) is 11.3 Å². The predicted molar refractivity (Wildman–Crippen MR) is 109 cm³/mol. The Morgan fingerprint density at radius 3 is 2.79 bits per heavy atom. The van der Waals surface area contributed by atoms with E-state index in [9.17, 15) is 4.79 Å². The summed E-state index contributed by atoms with van der Waals surface area (Å²) in [7, 11) is 0. The second-order valence-electron chi connectivity index (χ2n) is 9.21. The number of hydrogen-bond donors (Lipinski definition) is 1. The lowest BCUT2D eigenvalue weighted by atomic mass is 9.74. The van der Waals surface area contributed by atoms with E-state index in [1.807, 2.05) is 18.3 Å². The molecule has 2 aliphatic carbocycles. The van der Waals surface area contributed by atoms with Crippen LogP contribution in [0.25, 0.3) is 11.4 Å². The lowest BCUT2D eigenvalue weighted by Crippen LogP contribution is -2.38. The van der Waals surface area contributed by atoms with E-state index >= 15 is 0 Å². The van der Waals surface area contributed by atoms with E-state index in [1.165, 1.54) is 32.1 Å².